The Bertz CT molecular complexity index is 1370. The number of rotatable bonds is 2. The van der Waals surface area contributed by atoms with Crippen LogP contribution >= 0.6 is 11.3 Å². The van der Waals surface area contributed by atoms with Gasteiger partial charge in [0.2, 0.25) is 0 Å². The Labute approximate surface area is 205 Å². The first-order valence-electron chi connectivity index (χ1n) is 10.1. The molecule has 0 saturated carbocycles. The molecule has 6 rings (SSSR count). The Balaban J connectivity index is 0.000000164. The number of thiophene rings is 1. The van der Waals surface area contributed by atoms with Gasteiger partial charge in [-0.2, -0.15) is 59.9 Å². The van der Waals surface area contributed by atoms with Crippen LogP contribution in [0.1, 0.15) is 0 Å². The first-order chi connectivity index (χ1) is 15.4. The van der Waals surface area contributed by atoms with E-state index in [1.807, 2.05) is 90.3 Å². The summed E-state index contributed by atoms with van der Waals surface area (Å²) in [6.07, 6.45) is 1.83. The summed E-state index contributed by atoms with van der Waals surface area (Å²) in [6.45, 7) is 0. The molecule has 1 nitrogen and oxygen atoms in total. The summed E-state index contributed by atoms with van der Waals surface area (Å²) in [6, 6.07) is 44.1. The van der Waals surface area contributed by atoms with Crippen LogP contribution in [0.2, 0.25) is 0 Å². The minimum absolute atomic E-state index is 0. The van der Waals surface area contributed by atoms with Crippen LogP contribution in [0.15, 0.2) is 109 Å². The van der Waals surface area contributed by atoms with Crippen LogP contribution in [0.5, 0.6) is 0 Å². The number of pyridine rings is 1. The maximum Gasteiger partial charge on any atom is 3.00 e. The van der Waals surface area contributed by atoms with Gasteiger partial charge in [-0.3, -0.25) is 0 Å². The summed E-state index contributed by atoms with van der Waals surface area (Å²) in [5.74, 6) is 0. The van der Waals surface area contributed by atoms with E-state index in [-0.39, 0.29) is 20.1 Å². The van der Waals surface area contributed by atoms with Crippen LogP contribution in [0, 0.1) is 18.2 Å². The third kappa shape index (κ3) is 4.71. The van der Waals surface area contributed by atoms with E-state index >= 15 is 0 Å². The summed E-state index contributed by atoms with van der Waals surface area (Å²) in [7, 11) is 0. The monoisotopic (exact) mass is 605 g/mol. The molecule has 0 N–H and O–H groups in total. The molecular weight excluding hydrogens is 587 g/mol. The minimum atomic E-state index is 0. The zero-order chi connectivity index (χ0) is 20.9. The van der Waals surface area contributed by atoms with Gasteiger partial charge in [0, 0.05) is 10.9 Å². The van der Waals surface area contributed by atoms with Gasteiger partial charge in [0.15, 0.2) is 0 Å². The molecule has 0 amide bonds. The number of hydrogen-bond donors (Lipinski definition) is 0. The van der Waals surface area contributed by atoms with Gasteiger partial charge in [0.1, 0.15) is 0 Å². The van der Waals surface area contributed by atoms with E-state index in [0.29, 0.717) is 0 Å². The number of nitrogens with zero attached hydrogens (tertiary/aromatic N) is 1. The zero-order valence-electron chi connectivity index (χ0n) is 17.1. The van der Waals surface area contributed by atoms with E-state index in [1.165, 1.54) is 20.2 Å². The van der Waals surface area contributed by atoms with Crippen molar-refractivity contribution in [1.82, 2.24) is 4.98 Å². The quantitative estimate of drug-likeness (QED) is 0.183. The summed E-state index contributed by atoms with van der Waals surface area (Å²) in [5.41, 5.74) is 4.27. The molecule has 0 aliphatic rings. The molecule has 32 heavy (non-hydrogen) atoms. The fourth-order valence-corrected chi connectivity index (χ4v) is 4.72. The second-order valence-corrected chi connectivity index (χ2v) is 8.01. The van der Waals surface area contributed by atoms with E-state index in [4.69, 9.17) is 0 Å². The molecule has 0 radical (unpaired) electrons. The second-order valence-electron chi connectivity index (χ2n) is 6.96. The van der Waals surface area contributed by atoms with Gasteiger partial charge < -0.3 is 4.98 Å². The normalized spacial score (nSPS) is 10.2. The largest absolute Gasteiger partial charge is 3.00 e. The summed E-state index contributed by atoms with van der Waals surface area (Å²) in [5, 5.41) is 2.61. The van der Waals surface area contributed by atoms with E-state index in [0.717, 1.165) is 22.4 Å². The van der Waals surface area contributed by atoms with Crippen molar-refractivity contribution >= 4 is 31.5 Å². The first-order valence-corrected chi connectivity index (χ1v) is 10.9. The van der Waals surface area contributed by atoms with E-state index in [1.54, 1.807) is 0 Å². The van der Waals surface area contributed by atoms with Crippen molar-refractivity contribution in [2.45, 2.75) is 0 Å². The van der Waals surface area contributed by atoms with Gasteiger partial charge in [-0.1, -0.05) is 35.7 Å². The van der Waals surface area contributed by atoms with Crippen LogP contribution in [0.3, 0.4) is 0 Å². The molecule has 0 aliphatic heterocycles. The van der Waals surface area contributed by atoms with Crippen molar-refractivity contribution in [3.05, 3.63) is 128 Å². The molecule has 0 aliphatic carbocycles. The third-order valence-electron chi connectivity index (χ3n) is 4.97. The molecule has 0 saturated heterocycles. The Morgan fingerprint density at radius 2 is 1.28 bits per heavy atom. The second kappa shape index (κ2) is 10.5. The smallest absolute Gasteiger partial charge is 0.305 e. The maximum atomic E-state index is 4.44. The van der Waals surface area contributed by atoms with Crippen molar-refractivity contribution in [2.75, 3.05) is 0 Å². The van der Waals surface area contributed by atoms with Crippen molar-refractivity contribution < 1.29 is 20.1 Å². The van der Waals surface area contributed by atoms with Crippen molar-refractivity contribution in [2.24, 2.45) is 0 Å². The van der Waals surface area contributed by atoms with E-state index < -0.39 is 0 Å². The summed E-state index contributed by atoms with van der Waals surface area (Å²) in [4.78, 5) is 4.44. The standard InChI is InChI=1S/C17H10NS.C12H8.Ir/c1-2-10-16-12(6-1)13-7-5-8-14(17(13)19-16)15-9-3-4-11-18-15;1-3-7-11(8-4-1)12-9-5-2-6-10-12;/h1-7,9-11H;1-7,9H;/q-1;-2;+3. The molecule has 2 aromatic heterocycles. The van der Waals surface area contributed by atoms with Crippen molar-refractivity contribution in [3.8, 4) is 22.4 Å². The van der Waals surface area contributed by atoms with Gasteiger partial charge in [-0.25, -0.2) is 11.1 Å². The molecule has 0 unspecified atom stereocenters. The molecule has 0 atom stereocenters. The molecule has 0 spiro atoms. The van der Waals surface area contributed by atoms with Crippen molar-refractivity contribution in [3.63, 3.8) is 0 Å². The number of fused-ring (bicyclic) bond motifs is 3. The van der Waals surface area contributed by atoms with Gasteiger partial charge in [0.25, 0.3) is 0 Å². The molecular formula is C29H18IrNS. The maximum absolute atomic E-state index is 4.44. The fourth-order valence-electron chi connectivity index (χ4n) is 3.51. The van der Waals surface area contributed by atoms with Crippen LogP contribution in [0.4, 0.5) is 0 Å². The Kier molecular flexibility index (Phi) is 7.24. The number of benzene rings is 4. The van der Waals surface area contributed by atoms with E-state index in [2.05, 4.69) is 53.5 Å². The minimum Gasteiger partial charge on any atom is -0.305 e. The summed E-state index contributed by atoms with van der Waals surface area (Å²) < 4.78 is 2.58. The number of aromatic nitrogens is 1. The van der Waals surface area contributed by atoms with Crippen molar-refractivity contribution in [1.29, 1.82) is 0 Å². The van der Waals surface area contributed by atoms with E-state index in [9.17, 15) is 0 Å². The zero-order valence-corrected chi connectivity index (χ0v) is 20.3. The Morgan fingerprint density at radius 3 is 1.94 bits per heavy atom. The molecule has 154 valence electrons. The average Bonchev–Trinajstić information content (AvgIpc) is 3.25. The van der Waals surface area contributed by atoms with Gasteiger partial charge in [-0.05, 0) is 27.9 Å². The van der Waals surface area contributed by atoms with Crippen LogP contribution < -0.4 is 0 Å². The topological polar surface area (TPSA) is 12.9 Å². The van der Waals surface area contributed by atoms with Gasteiger partial charge >= 0.3 is 20.1 Å². The summed E-state index contributed by atoms with van der Waals surface area (Å²) >= 11 is 1.81. The van der Waals surface area contributed by atoms with Crippen LogP contribution in [-0.2, 0) is 20.1 Å². The number of hydrogen-bond acceptors (Lipinski definition) is 2. The Hall–Kier alpha value is -3.10. The first kappa shape index (κ1) is 22.1. The van der Waals surface area contributed by atoms with Crippen LogP contribution in [-0.4, -0.2) is 4.98 Å². The van der Waals surface area contributed by atoms with Gasteiger partial charge in [-0.15, -0.1) is 35.9 Å². The predicted molar refractivity (Wildman–Crippen MR) is 131 cm³/mol. The SMILES string of the molecule is [Ir+3].[c-]1ccc2c(sc3ccccc32)c1-c1ccccn1.[c-]1ccccc1-c1[c-]cccc1. The molecule has 0 fully saturated rings. The molecule has 6 aromatic rings. The molecule has 3 heteroatoms. The predicted octanol–water partition coefficient (Wildman–Crippen LogP) is 7.87. The fraction of sp³-hybridized carbons (Fsp3) is 0. The Morgan fingerprint density at radius 1 is 0.594 bits per heavy atom. The third-order valence-corrected chi connectivity index (χ3v) is 6.17. The average molecular weight is 605 g/mol. The van der Waals surface area contributed by atoms with Gasteiger partial charge in [0.05, 0.1) is 0 Å². The molecule has 4 aromatic carbocycles. The van der Waals surface area contributed by atoms with Crippen LogP contribution in [0.25, 0.3) is 42.6 Å². The molecule has 2 heterocycles. The molecule has 0 bridgehead atoms.